The minimum Gasteiger partial charge on any atom is -0.494 e. The third kappa shape index (κ3) is 2.55. The van der Waals surface area contributed by atoms with Crippen molar-refractivity contribution in [2.24, 2.45) is 0 Å². The van der Waals surface area contributed by atoms with Crippen LogP contribution in [0.25, 0.3) is 10.9 Å². The van der Waals surface area contributed by atoms with Gasteiger partial charge in [-0.2, -0.15) is 0 Å². The van der Waals surface area contributed by atoms with Crippen molar-refractivity contribution >= 4 is 10.9 Å². The summed E-state index contributed by atoms with van der Waals surface area (Å²) in [6.45, 7) is 2.61. The molecule has 0 spiro atoms. The molecule has 1 aliphatic rings. The van der Waals surface area contributed by atoms with Gasteiger partial charge in [-0.25, -0.2) is 4.98 Å². The van der Waals surface area contributed by atoms with Crippen LogP contribution in [0.3, 0.4) is 0 Å². The summed E-state index contributed by atoms with van der Waals surface area (Å²) < 4.78 is 11.2. The summed E-state index contributed by atoms with van der Waals surface area (Å²) in [5, 5.41) is 4.42. The fraction of sp³-hybridized carbons (Fsp3) is 0.400. The molecule has 4 heteroatoms. The molecular formula is C15H18N2O2. The Morgan fingerprint density at radius 2 is 2.21 bits per heavy atom. The van der Waals surface area contributed by atoms with Crippen molar-refractivity contribution in [2.45, 2.75) is 12.5 Å². The van der Waals surface area contributed by atoms with Crippen LogP contribution in [0, 0.1) is 0 Å². The van der Waals surface area contributed by atoms with Crippen molar-refractivity contribution in [3.63, 3.8) is 0 Å². The summed E-state index contributed by atoms with van der Waals surface area (Å²) in [5.74, 6) is 0.811. The second-order valence-corrected chi connectivity index (χ2v) is 4.67. The molecule has 1 saturated heterocycles. The summed E-state index contributed by atoms with van der Waals surface area (Å²) in [6, 6.07) is 10.1. The van der Waals surface area contributed by atoms with Gasteiger partial charge in [0.2, 0.25) is 0 Å². The summed E-state index contributed by atoms with van der Waals surface area (Å²) in [7, 11) is 1.68. The number of ether oxygens (including phenoxy) is 2. The van der Waals surface area contributed by atoms with Crippen molar-refractivity contribution in [1.29, 1.82) is 0 Å². The maximum Gasteiger partial charge on any atom is 0.145 e. The van der Waals surface area contributed by atoms with E-state index in [4.69, 9.17) is 14.5 Å². The van der Waals surface area contributed by atoms with E-state index in [0.717, 1.165) is 48.5 Å². The Balaban J connectivity index is 1.99. The van der Waals surface area contributed by atoms with Gasteiger partial charge in [-0.3, -0.25) is 0 Å². The van der Waals surface area contributed by atoms with Crippen LogP contribution in [0.1, 0.15) is 18.2 Å². The van der Waals surface area contributed by atoms with Crippen LogP contribution in [0.4, 0.5) is 0 Å². The number of nitrogens with zero attached hydrogens (tertiary/aromatic N) is 1. The summed E-state index contributed by atoms with van der Waals surface area (Å²) >= 11 is 0. The Hall–Kier alpha value is -1.65. The fourth-order valence-electron chi connectivity index (χ4n) is 2.43. The second kappa shape index (κ2) is 5.55. The number of methoxy groups -OCH3 is 1. The van der Waals surface area contributed by atoms with Crippen LogP contribution in [0.2, 0.25) is 0 Å². The summed E-state index contributed by atoms with van der Waals surface area (Å²) in [5.41, 5.74) is 1.89. The Morgan fingerprint density at radius 3 is 3.11 bits per heavy atom. The molecule has 4 nitrogen and oxygen atoms in total. The van der Waals surface area contributed by atoms with Crippen molar-refractivity contribution in [1.82, 2.24) is 10.3 Å². The Morgan fingerprint density at radius 1 is 1.26 bits per heavy atom. The maximum atomic E-state index is 5.85. The first-order valence-corrected chi connectivity index (χ1v) is 6.64. The number of rotatable bonds is 2. The van der Waals surface area contributed by atoms with Gasteiger partial charge in [0.05, 0.1) is 19.4 Å². The molecule has 2 aromatic rings. The molecule has 2 heterocycles. The molecule has 1 N–H and O–H groups in total. The zero-order chi connectivity index (χ0) is 13.1. The van der Waals surface area contributed by atoms with E-state index in [9.17, 15) is 0 Å². The van der Waals surface area contributed by atoms with E-state index in [1.165, 1.54) is 0 Å². The molecule has 0 bridgehead atoms. The molecule has 1 aliphatic heterocycles. The van der Waals surface area contributed by atoms with Crippen LogP contribution in [-0.4, -0.2) is 31.8 Å². The summed E-state index contributed by atoms with van der Waals surface area (Å²) in [4.78, 5) is 4.73. The zero-order valence-electron chi connectivity index (χ0n) is 11.1. The molecular weight excluding hydrogens is 240 g/mol. The lowest BCUT2D eigenvalue weighted by Gasteiger charge is -2.15. The highest BCUT2D eigenvalue weighted by atomic mass is 16.5. The molecule has 1 unspecified atom stereocenters. The normalized spacial score (nSPS) is 20.2. The molecule has 0 saturated carbocycles. The molecule has 100 valence electrons. The number of nitrogens with one attached hydrogen (secondary N) is 1. The SMILES string of the molecule is COc1cccc2ccc(C3CCNCCO3)nc12. The molecule has 1 aromatic heterocycles. The standard InChI is InChI=1S/C15H18N2O2/c1-18-14-4-2-3-11-5-6-12(17-15(11)14)13-7-8-16-9-10-19-13/h2-6,13,16H,7-10H2,1H3. The van der Waals surface area contributed by atoms with Crippen LogP contribution >= 0.6 is 0 Å². The van der Waals surface area contributed by atoms with Crippen LogP contribution < -0.4 is 10.1 Å². The first-order valence-electron chi connectivity index (χ1n) is 6.64. The van der Waals surface area contributed by atoms with Gasteiger partial charge in [0.1, 0.15) is 17.4 Å². The number of para-hydroxylation sites is 1. The molecule has 3 rings (SSSR count). The second-order valence-electron chi connectivity index (χ2n) is 4.67. The molecule has 19 heavy (non-hydrogen) atoms. The van der Waals surface area contributed by atoms with E-state index >= 15 is 0 Å². The number of fused-ring (bicyclic) bond motifs is 1. The third-order valence-corrected chi connectivity index (χ3v) is 3.44. The maximum absolute atomic E-state index is 5.85. The van der Waals surface area contributed by atoms with Crippen molar-refractivity contribution in [3.8, 4) is 5.75 Å². The van der Waals surface area contributed by atoms with Crippen LogP contribution in [0.5, 0.6) is 5.75 Å². The molecule has 1 fully saturated rings. The number of hydrogen-bond acceptors (Lipinski definition) is 4. The van der Waals surface area contributed by atoms with E-state index in [1.807, 2.05) is 18.2 Å². The first kappa shape index (κ1) is 12.4. The molecule has 1 aromatic carbocycles. The Labute approximate surface area is 112 Å². The number of aromatic nitrogens is 1. The van der Waals surface area contributed by atoms with Gasteiger partial charge in [0.15, 0.2) is 0 Å². The molecule has 0 aliphatic carbocycles. The largest absolute Gasteiger partial charge is 0.494 e. The first-order chi connectivity index (χ1) is 9.38. The van der Waals surface area contributed by atoms with Crippen LogP contribution in [-0.2, 0) is 4.74 Å². The van der Waals surface area contributed by atoms with Gasteiger partial charge in [-0.1, -0.05) is 18.2 Å². The monoisotopic (exact) mass is 258 g/mol. The lowest BCUT2D eigenvalue weighted by atomic mass is 10.1. The van der Waals surface area contributed by atoms with E-state index in [0.29, 0.717) is 0 Å². The van der Waals surface area contributed by atoms with Gasteiger partial charge >= 0.3 is 0 Å². The quantitative estimate of drug-likeness (QED) is 0.897. The topological polar surface area (TPSA) is 43.4 Å². The zero-order valence-corrected chi connectivity index (χ0v) is 11.1. The van der Waals surface area contributed by atoms with Gasteiger partial charge in [-0.15, -0.1) is 0 Å². The minimum atomic E-state index is 0.0734. The van der Waals surface area contributed by atoms with E-state index in [2.05, 4.69) is 17.4 Å². The summed E-state index contributed by atoms with van der Waals surface area (Å²) in [6.07, 6.45) is 1.03. The van der Waals surface area contributed by atoms with Crippen molar-refractivity contribution < 1.29 is 9.47 Å². The van der Waals surface area contributed by atoms with Crippen molar-refractivity contribution in [3.05, 3.63) is 36.0 Å². The van der Waals surface area contributed by atoms with Gasteiger partial charge in [-0.05, 0) is 25.1 Å². The van der Waals surface area contributed by atoms with Gasteiger partial charge < -0.3 is 14.8 Å². The number of pyridine rings is 1. The fourth-order valence-corrected chi connectivity index (χ4v) is 2.43. The minimum absolute atomic E-state index is 0.0734. The predicted octanol–water partition coefficient (Wildman–Crippen LogP) is 2.29. The van der Waals surface area contributed by atoms with Crippen molar-refractivity contribution in [2.75, 3.05) is 26.8 Å². The average molecular weight is 258 g/mol. The number of benzene rings is 1. The molecule has 1 atom stereocenters. The van der Waals surface area contributed by atoms with E-state index < -0.39 is 0 Å². The predicted molar refractivity (Wildman–Crippen MR) is 74.5 cm³/mol. The van der Waals surface area contributed by atoms with Crippen LogP contribution in [0.15, 0.2) is 30.3 Å². The Bertz CT molecular complexity index is 563. The highest BCUT2D eigenvalue weighted by molar-refractivity contribution is 5.84. The molecule has 0 radical (unpaired) electrons. The van der Waals surface area contributed by atoms with Gasteiger partial charge in [0.25, 0.3) is 0 Å². The van der Waals surface area contributed by atoms with Gasteiger partial charge in [0, 0.05) is 11.9 Å². The average Bonchev–Trinajstić information content (AvgIpc) is 2.75. The third-order valence-electron chi connectivity index (χ3n) is 3.44. The highest BCUT2D eigenvalue weighted by Gasteiger charge is 2.16. The lowest BCUT2D eigenvalue weighted by molar-refractivity contribution is 0.0616. The highest BCUT2D eigenvalue weighted by Crippen LogP contribution is 2.27. The smallest absolute Gasteiger partial charge is 0.145 e. The number of hydrogen-bond donors (Lipinski definition) is 1. The molecule has 0 amide bonds. The Kier molecular flexibility index (Phi) is 3.62. The lowest BCUT2D eigenvalue weighted by Crippen LogP contribution is -2.16. The van der Waals surface area contributed by atoms with E-state index in [1.54, 1.807) is 7.11 Å². The van der Waals surface area contributed by atoms with E-state index in [-0.39, 0.29) is 6.10 Å².